The molecule has 0 saturated carbocycles. The highest BCUT2D eigenvalue weighted by Crippen LogP contribution is 2.52. The fourth-order valence-corrected chi connectivity index (χ4v) is 5.56. The number of ketones is 1. The Balaban J connectivity index is 1.74. The number of halogens is 3. The van der Waals surface area contributed by atoms with Crippen LogP contribution in [-0.4, -0.2) is 55.5 Å². The lowest BCUT2D eigenvalue weighted by molar-refractivity contribution is -0.194. The second-order valence-corrected chi connectivity index (χ2v) is 11.0. The molecule has 0 unspecified atom stereocenters. The topological polar surface area (TPSA) is 94.2 Å². The number of aryl methyl sites for hydroxylation is 1. The number of methoxy groups -OCH3 is 3. The van der Waals surface area contributed by atoms with E-state index in [1.54, 1.807) is 56.3 Å². The van der Waals surface area contributed by atoms with Crippen LogP contribution in [0.2, 0.25) is 0 Å². The minimum atomic E-state index is -5.29. The Labute approximate surface area is 236 Å². The molecule has 4 rings (SSSR count). The van der Waals surface area contributed by atoms with Crippen LogP contribution in [0.4, 0.5) is 13.2 Å². The van der Waals surface area contributed by atoms with Crippen molar-refractivity contribution in [2.45, 2.75) is 57.8 Å². The van der Waals surface area contributed by atoms with Gasteiger partial charge in [0.1, 0.15) is 5.75 Å². The number of allylic oxidation sites excluding steroid dienone is 1. The molecule has 220 valence electrons. The molecule has 1 N–H and O–H groups in total. The van der Waals surface area contributed by atoms with Crippen LogP contribution in [-0.2, 0) is 27.3 Å². The van der Waals surface area contributed by atoms with Gasteiger partial charge >= 0.3 is 6.18 Å². The Bertz CT molecular complexity index is 1380. The number of Topliss-reactive ketones (excluding diaryl/α,β-unsaturated/α-hetero) is 1. The Morgan fingerprint density at radius 1 is 0.976 bits per heavy atom. The molecule has 2 aliphatic rings. The van der Waals surface area contributed by atoms with Gasteiger partial charge in [-0.05, 0) is 42.0 Å². The van der Waals surface area contributed by atoms with Crippen molar-refractivity contribution in [3.8, 4) is 17.2 Å². The molecule has 2 aromatic carbocycles. The SMILES string of the molecule is COc1ccc(CCC(=O)N[C@]2(C(F)(F)F)C(=O)N(Cc3cccc(OC)c3OC)C3=C2C(=O)CC(C)(C)C3)cc1. The number of ether oxygens (including phenoxy) is 3. The maximum absolute atomic E-state index is 15.1. The monoisotopic (exact) mass is 574 g/mol. The summed E-state index contributed by atoms with van der Waals surface area (Å²) in [4.78, 5) is 41.4. The predicted molar refractivity (Wildman–Crippen MR) is 143 cm³/mol. The molecule has 8 nitrogen and oxygen atoms in total. The summed E-state index contributed by atoms with van der Waals surface area (Å²) < 4.78 is 61.1. The number of carbonyl (C=O) groups excluding carboxylic acids is 3. The van der Waals surface area contributed by atoms with Gasteiger partial charge in [0.15, 0.2) is 17.3 Å². The molecule has 2 amide bonds. The zero-order valence-corrected chi connectivity index (χ0v) is 23.6. The van der Waals surface area contributed by atoms with Crippen LogP contribution in [0.5, 0.6) is 17.2 Å². The van der Waals surface area contributed by atoms with Crippen LogP contribution in [0, 0.1) is 5.41 Å². The first-order chi connectivity index (χ1) is 19.3. The van der Waals surface area contributed by atoms with E-state index < -0.39 is 40.3 Å². The summed E-state index contributed by atoms with van der Waals surface area (Å²) in [5, 5.41) is 1.98. The number of carbonyl (C=O) groups is 3. The smallest absolute Gasteiger partial charge is 0.425 e. The number of alkyl halides is 3. The average molecular weight is 575 g/mol. The van der Waals surface area contributed by atoms with Gasteiger partial charge in [-0.2, -0.15) is 13.2 Å². The minimum Gasteiger partial charge on any atom is -0.497 e. The van der Waals surface area contributed by atoms with Gasteiger partial charge in [0.25, 0.3) is 5.91 Å². The first-order valence-electron chi connectivity index (χ1n) is 13.1. The van der Waals surface area contributed by atoms with E-state index >= 15 is 13.2 Å². The molecular weight excluding hydrogens is 541 g/mol. The van der Waals surface area contributed by atoms with Crippen molar-refractivity contribution in [2.75, 3.05) is 21.3 Å². The summed E-state index contributed by atoms with van der Waals surface area (Å²) in [6.45, 7) is 3.19. The van der Waals surface area contributed by atoms with Crippen LogP contribution in [0.1, 0.15) is 44.2 Å². The van der Waals surface area contributed by atoms with E-state index in [0.29, 0.717) is 22.6 Å². The molecule has 0 saturated heterocycles. The van der Waals surface area contributed by atoms with E-state index in [1.165, 1.54) is 21.3 Å². The Morgan fingerprint density at radius 2 is 1.66 bits per heavy atom. The molecule has 1 heterocycles. The van der Waals surface area contributed by atoms with Crippen LogP contribution >= 0.6 is 0 Å². The van der Waals surface area contributed by atoms with Crippen molar-refractivity contribution < 1.29 is 41.8 Å². The summed E-state index contributed by atoms with van der Waals surface area (Å²) in [5.41, 5.74) is -3.89. The largest absolute Gasteiger partial charge is 0.497 e. The van der Waals surface area contributed by atoms with Crippen LogP contribution in [0.15, 0.2) is 53.7 Å². The van der Waals surface area contributed by atoms with E-state index in [1.807, 2.05) is 5.32 Å². The number of amides is 2. The molecule has 11 heteroatoms. The quantitative estimate of drug-likeness (QED) is 0.465. The van der Waals surface area contributed by atoms with E-state index in [-0.39, 0.29) is 43.7 Å². The van der Waals surface area contributed by atoms with E-state index in [4.69, 9.17) is 14.2 Å². The molecule has 0 spiro atoms. The molecule has 0 radical (unpaired) electrons. The van der Waals surface area contributed by atoms with E-state index in [9.17, 15) is 14.4 Å². The summed E-state index contributed by atoms with van der Waals surface area (Å²) in [6, 6.07) is 11.6. The fourth-order valence-electron chi connectivity index (χ4n) is 5.56. The number of para-hydroxylation sites is 1. The molecule has 0 aromatic heterocycles. The zero-order valence-electron chi connectivity index (χ0n) is 23.6. The van der Waals surface area contributed by atoms with Gasteiger partial charge < -0.3 is 24.4 Å². The number of hydrogen-bond acceptors (Lipinski definition) is 6. The third-order valence-electron chi connectivity index (χ3n) is 7.48. The fraction of sp³-hybridized carbons (Fsp3) is 0.433. The van der Waals surface area contributed by atoms with E-state index in [0.717, 1.165) is 4.90 Å². The zero-order chi connectivity index (χ0) is 30.2. The standard InChI is InChI=1S/C30H33F3N2O6/c1-28(2)15-21-25(22(36)16-28)29(30(31,32)33,34-24(37)14-11-18-9-12-20(39-3)13-10-18)27(38)35(21)17-19-7-6-8-23(40-4)26(19)41-5/h6-10,12-13H,11,14-17H2,1-5H3,(H,34,37)/t29-/m0/s1. The molecular formula is C30H33F3N2O6. The minimum absolute atomic E-state index is 0.0334. The van der Waals surface area contributed by atoms with Crippen molar-refractivity contribution in [2.24, 2.45) is 5.41 Å². The first kappa shape index (κ1) is 30.0. The van der Waals surface area contributed by atoms with Gasteiger partial charge in [-0.3, -0.25) is 14.4 Å². The van der Waals surface area contributed by atoms with Gasteiger partial charge in [-0.15, -0.1) is 0 Å². The predicted octanol–water partition coefficient (Wildman–Crippen LogP) is 4.75. The molecule has 1 aliphatic carbocycles. The summed E-state index contributed by atoms with van der Waals surface area (Å²) in [6.07, 6.45) is -5.66. The number of hydrogen-bond donors (Lipinski definition) is 1. The first-order valence-corrected chi connectivity index (χ1v) is 13.1. The highest BCUT2D eigenvalue weighted by molar-refractivity contribution is 6.13. The van der Waals surface area contributed by atoms with Crippen LogP contribution in [0.25, 0.3) is 0 Å². The van der Waals surface area contributed by atoms with Crippen LogP contribution < -0.4 is 19.5 Å². The second kappa shape index (κ2) is 11.1. The summed E-state index contributed by atoms with van der Waals surface area (Å²) in [5.74, 6) is -2.08. The van der Waals surface area contributed by atoms with Crippen LogP contribution in [0.3, 0.4) is 0 Å². The lowest BCUT2D eigenvalue weighted by atomic mass is 9.72. The highest BCUT2D eigenvalue weighted by Gasteiger charge is 2.71. The second-order valence-electron chi connectivity index (χ2n) is 11.0. The molecule has 0 bridgehead atoms. The van der Waals surface area contributed by atoms with E-state index in [2.05, 4.69) is 0 Å². The van der Waals surface area contributed by atoms with Gasteiger partial charge in [-0.25, -0.2) is 0 Å². The number of nitrogens with one attached hydrogen (secondary N) is 1. The maximum Gasteiger partial charge on any atom is 0.425 e. The summed E-state index contributed by atoms with van der Waals surface area (Å²) >= 11 is 0. The number of rotatable bonds is 9. The third-order valence-corrected chi connectivity index (χ3v) is 7.48. The van der Waals surface area contributed by atoms with Crippen molar-refractivity contribution in [3.63, 3.8) is 0 Å². The van der Waals surface area contributed by atoms with Gasteiger partial charge in [-0.1, -0.05) is 38.1 Å². The average Bonchev–Trinajstić information content (AvgIpc) is 3.14. The molecule has 2 aromatic rings. The Kier molecular flexibility index (Phi) is 8.11. The van der Waals surface area contributed by atoms with Crippen molar-refractivity contribution in [1.29, 1.82) is 0 Å². The van der Waals surface area contributed by atoms with Gasteiger partial charge in [0.2, 0.25) is 11.4 Å². The van der Waals surface area contributed by atoms with Gasteiger partial charge in [0.05, 0.1) is 33.4 Å². The number of benzene rings is 2. The Morgan fingerprint density at radius 3 is 2.24 bits per heavy atom. The highest BCUT2D eigenvalue weighted by atomic mass is 19.4. The Hall–Kier alpha value is -4.02. The molecule has 1 atom stereocenters. The summed E-state index contributed by atoms with van der Waals surface area (Å²) in [7, 11) is 4.30. The van der Waals surface area contributed by atoms with Crippen molar-refractivity contribution in [1.82, 2.24) is 10.2 Å². The molecule has 41 heavy (non-hydrogen) atoms. The normalized spacial score (nSPS) is 20.1. The third kappa shape index (κ3) is 5.49. The number of nitrogens with zero attached hydrogens (tertiary/aromatic N) is 1. The van der Waals surface area contributed by atoms with Gasteiger partial charge in [0, 0.05) is 24.1 Å². The maximum atomic E-state index is 15.1. The van der Waals surface area contributed by atoms with Crippen molar-refractivity contribution >= 4 is 17.6 Å². The lowest BCUT2D eigenvalue weighted by Crippen LogP contribution is -2.66. The molecule has 0 fully saturated rings. The molecule has 1 aliphatic heterocycles. The lowest BCUT2D eigenvalue weighted by Gasteiger charge is -2.35. The van der Waals surface area contributed by atoms with Crippen molar-refractivity contribution in [3.05, 3.63) is 64.9 Å².